The smallest absolute Gasteiger partial charge is 0.147 e. The summed E-state index contributed by atoms with van der Waals surface area (Å²) in [6.07, 6.45) is 2.06. The lowest BCUT2D eigenvalue weighted by Gasteiger charge is -2.16. The zero-order chi connectivity index (χ0) is 9.78. The van der Waals surface area contributed by atoms with E-state index in [1.54, 1.807) is 0 Å². The maximum atomic E-state index is 10.9. The number of halogens is 1. The van der Waals surface area contributed by atoms with Crippen molar-refractivity contribution in [3.8, 4) is 0 Å². The van der Waals surface area contributed by atoms with Crippen molar-refractivity contribution in [3.63, 3.8) is 0 Å². The number of hydrogen-bond donors (Lipinski definition) is 0. The Labute approximate surface area is 83.8 Å². The molecule has 0 N–H and O–H groups in total. The van der Waals surface area contributed by atoms with Crippen molar-refractivity contribution in [2.45, 2.75) is 20.3 Å². The third-order valence-corrected chi connectivity index (χ3v) is 3.81. The van der Waals surface area contributed by atoms with E-state index >= 15 is 0 Å². The summed E-state index contributed by atoms with van der Waals surface area (Å²) in [5.74, 6) is 1.33. The van der Waals surface area contributed by atoms with Gasteiger partial charge in [0.1, 0.15) is 9.84 Å². The van der Waals surface area contributed by atoms with Gasteiger partial charge in [-0.25, -0.2) is 8.42 Å². The molecule has 0 aromatic heterocycles. The molecule has 0 spiro atoms. The van der Waals surface area contributed by atoms with Gasteiger partial charge in [0.05, 0.1) is 5.75 Å². The lowest BCUT2D eigenvalue weighted by atomic mass is 9.96. The van der Waals surface area contributed by atoms with Gasteiger partial charge in [0.25, 0.3) is 0 Å². The number of alkyl halides is 1. The molecule has 0 radical (unpaired) electrons. The summed E-state index contributed by atoms with van der Waals surface area (Å²) in [6.45, 7) is 4.24. The van der Waals surface area contributed by atoms with E-state index in [9.17, 15) is 8.42 Å². The fraction of sp³-hybridized carbons (Fsp3) is 1.00. The van der Waals surface area contributed by atoms with Crippen LogP contribution in [0.4, 0.5) is 0 Å². The standard InChI is InChI=1S/C8H17BrO2S/c1-7(2)8(6-9)4-5-12(3,10)11/h7-8H,4-6H2,1-3H3. The van der Waals surface area contributed by atoms with Gasteiger partial charge in [0, 0.05) is 11.6 Å². The minimum Gasteiger partial charge on any atom is -0.229 e. The molecule has 12 heavy (non-hydrogen) atoms. The molecule has 2 nitrogen and oxygen atoms in total. The van der Waals surface area contributed by atoms with Crippen molar-refractivity contribution in [2.75, 3.05) is 17.3 Å². The van der Waals surface area contributed by atoms with E-state index < -0.39 is 9.84 Å². The second kappa shape index (κ2) is 5.22. The Bertz CT molecular complexity index is 209. The van der Waals surface area contributed by atoms with Crippen molar-refractivity contribution >= 4 is 25.8 Å². The van der Waals surface area contributed by atoms with Crippen LogP contribution >= 0.6 is 15.9 Å². The van der Waals surface area contributed by atoms with Gasteiger partial charge in [-0.3, -0.25) is 0 Å². The Kier molecular flexibility index (Phi) is 5.41. The molecule has 0 heterocycles. The first-order chi connectivity index (χ1) is 5.37. The van der Waals surface area contributed by atoms with Crippen LogP contribution in [0.2, 0.25) is 0 Å². The van der Waals surface area contributed by atoms with Crippen LogP contribution in [0.5, 0.6) is 0 Å². The van der Waals surface area contributed by atoms with E-state index in [0.29, 0.717) is 17.6 Å². The van der Waals surface area contributed by atoms with Gasteiger partial charge < -0.3 is 0 Å². The van der Waals surface area contributed by atoms with E-state index in [4.69, 9.17) is 0 Å². The van der Waals surface area contributed by atoms with Crippen LogP contribution in [0.1, 0.15) is 20.3 Å². The molecule has 0 bridgehead atoms. The minimum absolute atomic E-state index is 0.307. The molecule has 0 saturated carbocycles. The topological polar surface area (TPSA) is 34.1 Å². The van der Waals surface area contributed by atoms with Crippen LogP contribution in [0.25, 0.3) is 0 Å². The van der Waals surface area contributed by atoms with E-state index in [0.717, 1.165) is 11.8 Å². The molecule has 4 heteroatoms. The Morgan fingerprint density at radius 3 is 2.08 bits per heavy atom. The summed E-state index contributed by atoms with van der Waals surface area (Å²) in [6, 6.07) is 0. The summed E-state index contributed by atoms with van der Waals surface area (Å²) in [4.78, 5) is 0. The Morgan fingerprint density at radius 2 is 1.83 bits per heavy atom. The SMILES string of the molecule is CC(C)C(CBr)CCS(C)(=O)=O. The van der Waals surface area contributed by atoms with Crippen LogP contribution < -0.4 is 0 Å². The summed E-state index contributed by atoms with van der Waals surface area (Å²) in [5.41, 5.74) is 0. The first-order valence-corrected chi connectivity index (χ1v) is 7.28. The highest BCUT2D eigenvalue weighted by atomic mass is 79.9. The van der Waals surface area contributed by atoms with E-state index in [2.05, 4.69) is 29.8 Å². The molecule has 0 rings (SSSR count). The van der Waals surface area contributed by atoms with E-state index in [1.807, 2.05) is 0 Å². The summed E-state index contributed by atoms with van der Waals surface area (Å²) >= 11 is 3.39. The fourth-order valence-corrected chi connectivity index (χ4v) is 2.76. The maximum absolute atomic E-state index is 10.9. The molecule has 1 atom stereocenters. The summed E-state index contributed by atoms with van der Waals surface area (Å²) < 4.78 is 21.7. The Balaban J connectivity index is 3.90. The minimum atomic E-state index is -2.78. The number of sulfone groups is 1. The molecule has 0 fully saturated rings. The first-order valence-electron chi connectivity index (χ1n) is 4.10. The average Bonchev–Trinajstić information content (AvgIpc) is 1.85. The molecule has 74 valence electrons. The fourth-order valence-electron chi connectivity index (χ4n) is 0.954. The molecular formula is C8H17BrO2S. The Hall–Kier alpha value is 0.430. The molecule has 0 amide bonds. The van der Waals surface area contributed by atoms with E-state index in [1.165, 1.54) is 6.26 Å². The van der Waals surface area contributed by atoms with Crippen LogP contribution in [-0.2, 0) is 9.84 Å². The molecule has 0 aromatic rings. The largest absolute Gasteiger partial charge is 0.229 e. The average molecular weight is 257 g/mol. The molecule has 0 aliphatic heterocycles. The lowest BCUT2D eigenvalue weighted by molar-refractivity contribution is 0.417. The highest BCUT2D eigenvalue weighted by Gasteiger charge is 2.14. The third kappa shape index (κ3) is 6.00. The van der Waals surface area contributed by atoms with Crippen molar-refractivity contribution in [1.82, 2.24) is 0 Å². The van der Waals surface area contributed by atoms with Crippen LogP contribution in [0, 0.1) is 11.8 Å². The highest BCUT2D eigenvalue weighted by Crippen LogP contribution is 2.18. The van der Waals surface area contributed by atoms with Gasteiger partial charge in [-0.15, -0.1) is 0 Å². The predicted molar refractivity (Wildman–Crippen MR) is 56.4 cm³/mol. The summed E-state index contributed by atoms with van der Waals surface area (Å²) in [7, 11) is -2.78. The quantitative estimate of drug-likeness (QED) is 0.707. The van der Waals surface area contributed by atoms with Gasteiger partial charge in [-0.1, -0.05) is 29.8 Å². The van der Waals surface area contributed by atoms with E-state index in [-0.39, 0.29) is 0 Å². The van der Waals surface area contributed by atoms with Gasteiger partial charge >= 0.3 is 0 Å². The van der Waals surface area contributed by atoms with Crippen molar-refractivity contribution in [2.24, 2.45) is 11.8 Å². The molecule has 0 aromatic carbocycles. The molecular weight excluding hydrogens is 240 g/mol. The second-order valence-electron chi connectivity index (χ2n) is 3.58. The first kappa shape index (κ1) is 12.4. The van der Waals surface area contributed by atoms with Crippen molar-refractivity contribution < 1.29 is 8.42 Å². The molecule has 0 aliphatic carbocycles. The van der Waals surface area contributed by atoms with Crippen molar-refractivity contribution in [1.29, 1.82) is 0 Å². The second-order valence-corrected chi connectivity index (χ2v) is 6.48. The van der Waals surface area contributed by atoms with Gasteiger partial charge in [-0.2, -0.15) is 0 Å². The van der Waals surface area contributed by atoms with Crippen LogP contribution in [0.15, 0.2) is 0 Å². The van der Waals surface area contributed by atoms with Gasteiger partial charge in [0.15, 0.2) is 0 Å². The normalized spacial score (nSPS) is 15.1. The zero-order valence-corrected chi connectivity index (χ0v) is 10.3. The third-order valence-electron chi connectivity index (χ3n) is 2.00. The monoisotopic (exact) mass is 256 g/mol. The molecule has 1 unspecified atom stereocenters. The van der Waals surface area contributed by atoms with Gasteiger partial charge in [-0.05, 0) is 18.3 Å². The molecule has 0 aliphatic rings. The van der Waals surface area contributed by atoms with Crippen LogP contribution in [-0.4, -0.2) is 25.8 Å². The zero-order valence-electron chi connectivity index (χ0n) is 7.88. The number of hydrogen-bond acceptors (Lipinski definition) is 2. The predicted octanol–water partition coefficient (Wildman–Crippen LogP) is 2.09. The van der Waals surface area contributed by atoms with Crippen LogP contribution in [0.3, 0.4) is 0 Å². The van der Waals surface area contributed by atoms with Gasteiger partial charge in [0.2, 0.25) is 0 Å². The maximum Gasteiger partial charge on any atom is 0.147 e. The molecule has 0 saturated heterocycles. The van der Waals surface area contributed by atoms with Crippen molar-refractivity contribution in [3.05, 3.63) is 0 Å². The number of rotatable bonds is 5. The summed E-state index contributed by atoms with van der Waals surface area (Å²) in [5, 5.41) is 0.889. The highest BCUT2D eigenvalue weighted by molar-refractivity contribution is 9.09. The Morgan fingerprint density at radius 1 is 1.33 bits per heavy atom. The lowest BCUT2D eigenvalue weighted by Crippen LogP contribution is -2.15.